The molecule has 1 aromatic rings. The van der Waals surface area contributed by atoms with E-state index in [1.165, 1.54) is 11.3 Å². The Bertz CT molecular complexity index is 465. The first-order valence-electron chi connectivity index (χ1n) is 5.92. The fourth-order valence-electron chi connectivity index (χ4n) is 1.56. The molecule has 0 fully saturated rings. The van der Waals surface area contributed by atoms with Gasteiger partial charge in [-0.1, -0.05) is 6.08 Å². The highest BCUT2D eigenvalue weighted by Gasteiger charge is 2.10. The number of hydrogen-bond donors (Lipinski definition) is 2. The Hall–Kier alpha value is -1.68. The standard InChI is InChI=1S/C13H17N3O2S/c1-2-5-16(7-8-17)6-3-12(18)15-13-11(10-14)4-9-19-13/h2,4,9,17H,1,3,5-8H2,(H,15,18). The number of nitrogens with one attached hydrogen (secondary N) is 1. The number of amides is 1. The van der Waals surface area contributed by atoms with E-state index in [-0.39, 0.29) is 12.5 Å². The highest BCUT2D eigenvalue weighted by Crippen LogP contribution is 2.22. The van der Waals surface area contributed by atoms with Gasteiger partial charge in [0.1, 0.15) is 11.1 Å². The molecule has 0 saturated heterocycles. The van der Waals surface area contributed by atoms with Gasteiger partial charge in [-0.2, -0.15) is 5.26 Å². The first kappa shape index (κ1) is 15.4. The predicted octanol–water partition coefficient (Wildman–Crippen LogP) is 1.43. The summed E-state index contributed by atoms with van der Waals surface area (Å²) < 4.78 is 0. The van der Waals surface area contributed by atoms with Gasteiger partial charge < -0.3 is 10.4 Å². The number of carbonyl (C=O) groups excluding carboxylic acids is 1. The summed E-state index contributed by atoms with van der Waals surface area (Å²) in [6, 6.07) is 3.70. The van der Waals surface area contributed by atoms with Gasteiger partial charge in [-0.15, -0.1) is 17.9 Å². The number of hydrogen-bond acceptors (Lipinski definition) is 5. The van der Waals surface area contributed by atoms with Crippen LogP contribution in [-0.2, 0) is 4.79 Å². The number of nitriles is 1. The molecule has 0 aliphatic rings. The highest BCUT2D eigenvalue weighted by molar-refractivity contribution is 7.14. The van der Waals surface area contributed by atoms with Crippen LogP contribution in [0.15, 0.2) is 24.1 Å². The average molecular weight is 279 g/mol. The van der Waals surface area contributed by atoms with E-state index < -0.39 is 0 Å². The third-order valence-electron chi connectivity index (χ3n) is 2.50. The van der Waals surface area contributed by atoms with Crippen LogP contribution in [0.25, 0.3) is 0 Å². The van der Waals surface area contributed by atoms with E-state index in [9.17, 15) is 4.79 Å². The molecule has 0 unspecified atom stereocenters. The summed E-state index contributed by atoms with van der Waals surface area (Å²) in [5.41, 5.74) is 0.483. The Labute approximate surface area is 116 Å². The smallest absolute Gasteiger partial charge is 0.226 e. The SMILES string of the molecule is C=CCN(CCO)CCC(=O)Nc1sccc1C#N. The number of nitrogens with zero attached hydrogens (tertiary/aromatic N) is 2. The van der Waals surface area contributed by atoms with Crippen molar-refractivity contribution in [1.29, 1.82) is 5.26 Å². The number of rotatable bonds is 8. The lowest BCUT2D eigenvalue weighted by atomic mass is 10.3. The second-order valence-electron chi connectivity index (χ2n) is 3.89. The van der Waals surface area contributed by atoms with Crippen molar-refractivity contribution >= 4 is 22.2 Å². The number of aliphatic hydroxyl groups excluding tert-OH is 1. The monoisotopic (exact) mass is 279 g/mol. The van der Waals surface area contributed by atoms with Crippen molar-refractivity contribution in [3.05, 3.63) is 29.7 Å². The molecule has 1 aromatic heterocycles. The van der Waals surface area contributed by atoms with Crippen molar-refractivity contribution in [2.45, 2.75) is 6.42 Å². The number of carbonyl (C=O) groups is 1. The van der Waals surface area contributed by atoms with E-state index >= 15 is 0 Å². The summed E-state index contributed by atoms with van der Waals surface area (Å²) in [4.78, 5) is 13.7. The summed E-state index contributed by atoms with van der Waals surface area (Å²) in [5, 5.41) is 22.8. The largest absolute Gasteiger partial charge is 0.395 e. The molecule has 5 nitrogen and oxygen atoms in total. The molecule has 102 valence electrons. The van der Waals surface area contributed by atoms with Crippen molar-refractivity contribution < 1.29 is 9.90 Å². The Morgan fingerprint density at radius 2 is 2.42 bits per heavy atom. The van der Waals surface area contributed by atoms with Gasteiger partial charge in [0, 0.05) is 26.1 Å². The van der Waals surface area contributed by atoms with Crippen LogP contribution in [0.4, 0.5) is 5.00 Å². The van der Waals surface area contributed by atoms with Gasteiger partial charge in [0.05, 0.1) is 12.2 Å². The van der Waals surface area contributed by atoms with Gasteiger partial charge >= 0.3 is 0 Å². The topological polar surface area (TPSA) is 76.4 Å². The molecule has 0 saturated carbocycles. The molecule has 0 aliphatic carbocycles. The van der Waals surface area contributed by atoms with Gasteiger partial charge in [-0.25, -0.2) is 0 Å². The van der Waals surface area contributed by atoms with Crippen LogP contribution in [0.5, 0.6) is 0 Å². The van der Waals surface area contributed by atoms with Crippen molar-refractivity contribution in [2.75, 3.05) is 31.6 Å². The van der Waals surface area contributed by atoms with Crippen LogP contribution in [-0.4, -0.2) is 42.2 Å². The number of anilines is 1. The molecule has 1 amide bonds. The van der Waals surface area contributed by atoms with E-state index in [4.69, 9.17) is 10.4 Å². The zero-order valence-electron chi connectivity index (χ0n) is 10.6. The van der Waals surface area contributed by atoms with E-state index in [0.29, 0.717) is 36.6 Å². The Morgan fingerprint density at radius 3 is 3.05 bits per heavy atom. The van der Waals surface area contributed by atoms with Crippen LogP contribution < -0.4 is 5.32 Å². The molecule has 0 bridgehead atoms. The van der Waals surface area contributed by atoms with Crippen LogP contribution in [0.2, 0.25) is 0 Å². The van der Waals surface area contributed by atoms with Gasteiger partial charge in [0.25, 0.3) is 0 Å². The summed E-state index contributed by atoms with van der Waals surface area (Å²) in [5.74, 6) is -0.133. The van der Waals surface area contributed by atoms with E-state index in [0.717, 1.165) is 0 Å². The van der Waals surface area contributed by atoms with Crippen LogP contribution in [0, 0.1) is 11.3 Å². The van der Waals surface area contributed by atoms with E-state index in [1.54, 1.807) is 17.5 Å². The predicted molar refractivity (Wildman–Crippen MR) is 76.0 cm³/mol. The maximum atomic E-state index is 11.8. The van der Waals surface area contributed by atoms with Crippen molar-refractivity contribution in [3.63, 3.8) is 0 Å². The Morgan fingerprint density at radius 1 is 1.63 bits per heavy atom. The summed E-state index contributed by atoms with van der Waals surface area (Å²) in [6.07, 6.45) is 2.05. The molecular weight excluding hydrogens is 262 g/mol. The van der Waals surface area contributed by atoms with E-state index in [2.05, 4.69) is 11.9 Å². The number of aliphatic hydroxyl groups is 1. The van der Waals surface area contributed by atoms with Crippen LogP contribution in [0.1, 0.15) is 12.0 Å². The lowest BCUT2D eigenvalue weighted by Gasteiger charge is -2.18. The molecule has 0 spiro atoms. The lowest BCUT2D eigenvalue weighted by Crippen LogP contribution is -2.30. The quantitative estimate of drug-likeness (QED) is 0.706. The number of thiophene rings is 1. The molecule has 19 heavy (non-hydrogen) atoms. The summed E-state index contributed by atoms with van der Waals surface area (Å²) >= 11 is 1.33. The third-order valence-corrected chi connectivity index (χ3v) is 3.33. The molecular formula is C13H17N3O2S. The molecule has 0 radical (unpaired) electrons. The molecule has 1 heterocycles. The van der Waals surface area contributed by atoms with Crippen molar-refractivity contribution in [1.82, 2.24) is 4.90 Å². The first-order valence-corrected chi connectivity index (χ1v) is 6.80. The fourth-order valence-corrected chi connectivity index (χ4v) is 2.31. The summed E-state index contributed by atoms with van der Waals surface area (Å²) in [7, 11) is 0. The second-order valence-corrected chi connectivity index (χ2v) is 4.80. The Kier molecular flexibility index (Phi) is 6.82. The van der Waals surface area contributed by atoms with Gasteiger partial charge in [-0.3, -0.25) is 9.69 Å². The lowest BCUT2D eigenvalue weighted by molar-refractivity contribution is -0.116. The minimum absolute atomic E-state index is 0.0545. The van der Waals surface area contributed by atoms with Crippen LogP contribution >= 0.6 is 11.3 Å². The zero-order chi connectivity index (χ0) is 14.1. The second kappa shape index (κ2) is 8.43. The normalized spacial score (nSPS) is 10.2. The first-order chi connectivity index (χ1) is 9.21. The third kappa shape index (κ3) is 5.22. The van der Waals surface area contributed by atoms with Crippen LogP contribution in [0.3, 0.4) is 0 Å². The minimum atomic E-state index is -0.133. The average Bonchev–Trinajstić information content (AvgIpc) is 2.83. The zero-order valence-corrected chi connectivity index (χ0v) is 11.4. The van der Waals surface area contributed by atoms with Crippen molar-refractivity contribution in [3.8, 4) is 6.07 Å². The Balaban J connectivity index is 2.43. The maximum Gasteiger partial charge on any atom is 0.226 e. The summed E-state index contributed by atoms with van der Waals surface area (Å²) in [6.45, 7) is 5.39. The highest BCUT2D eigenvalue weighted by atomic mass is 32.1. The van der Waals surface area contributed by atoms with Gasteiger partial charge in [0.15, 0.2) is 0 Å². The maximum absolute atomic E-state index is 11.8. The van der Waals surface area contributed by atoms with Crippen molar-refractivity contribution in [2.24, 2.45) is 0 Å². The molecule has 0 atom stereocenters. The molecule has 1 rings (SSSR count). The molecule has 0 aliphatic heterocycles. The molecule has 0 aromatic carbocycles. The molecule has 2 N–H and O–H groups in total. The van der Waals surface area contributed by atoms with E-state index in [1.807, 2.05) is 11.0 Å². The molecule has 6 heteroatoms. The van der Waals surface area contributed by atoms with Gasteiger partial charge in [-0.05, 0) is 11.4 Å². The fraction of sp³-hybridized carbons (Fsp3) is 0.385. The van der Waals surface area contributed by atoms with Gasteiger partial charge in [0.2, 0.25) is 5.91 Å². The minimum Gasteiger partial charge on any atom is -0.395 e.